The van der Waals surface area contributed by atoms with Crippen LogP contribution in [0.25, 0.3) is 5.70 Å². The van der Waals surface area contributed by atoms with Crippen LogP contribution in [0.3, 0.4) is 0 Å². The van der Waals surface area contributed by atoms with Gasteiger partial charge in [-0.3, -0.25) is 0 Å². The summed E-state index contributed by atoms with van der Waals surface area (Å²) in [6, 6.07) is 0. The Morgan fingerprint density at radius 2 is 2.05 bits per heavy atom. The monoisotopic (exact) mass is 354 g/mol. The van der Waals surface area contributed by atoms with Crippen molar-refractivity contribution in [3.63, 3.8) is 0 Å². The molecule has 1 fully saturated rings. The van der Waals surface area contributed by atoms with Gasteiger partial charge in [-0.15, -0.1) is 0 Å². The summed E-state index contributed by atoms with van der Waals surface area (Å²) in [6.45, 7) is 0. The summed E-state index contributed by atoms with van der Waals surface area (Å²) in [7, 11) is 0. The van der Waals surface area contributed by atoms with Crippen LogP contribution < -0.4 is 0 Å². The van der Waals surface area contributed by atoms with Gasteiger partial charge in [-0.2, -0.15) is 0 Å². The van der Waals surface area contributed by atoms with Gasteiger partial charge in [0.05, 0.1) is 0 Å². The van der Waals surface area contributed by atoms with Crippen LogP contribution in [0.2, 0.25) is 0 Å². The van der Waals surface area contributed by atoms with Crippen LogP contribution in [0.15, 0.2) is 18.2 Å². The van der Waals surface area contributed by atoms with Crippen LogP contribution in [0.4, 0.5) is 0 Å². The molecule has 0 aromatic carbocycles. The molecule has 4 aliphatic carbocycles. The van der Waals surface area contributed by atoms with Gasteiger partial charge in [-0.05, 0) is 0 Å². The van der Waals surface area contributed by atoms with Crippen LogP contribution in [0.5, 0.6) is 0 Å². The van der Waals surface area contributed by atoms with Crippen LogP contribution in [-0.4, -0.2) is 38.3 Å². The molecular formula is C12H10N4O4Se. The van der Waals surface area contributed by atoms with E-state index in [1.165, 1.54) is 6.08 Å². The first-order valence-electron chi connectivity index (χ1n) is 6.58. The molecule has 2 bridgehead atoms. The fourth-order valence-electron chi connectivity index (χ4n) is 4.00. The Morgan fingerprint density at radius 3 is 2.67 bits per heavy atom. The molecule has 9 heteroatoms. The van der Waals surface area contributed by atoms with E-state index in [-0.39, 0.29) is 28.2 Å². The minimum atomic E-state index is -1.43. The summed E-state index contributed by atoms with van der Waals surface area (Å²) in [4.78, 5) is 22.3. The maximum absolute atomic E-state index is 11.9. The van der Waals surface area contributed by atoms with Crippen molar-refractivity contribution in [1.29, 1.82) is 0 Å². The van der Waals surface area contributed by atoms with E-state index in [9.17, 15) is 20.2 Å². The average molecular weight is 353 g/mol. The molecular weight excluding hydrogens is 343 g/mol. The number of hydrogen-bond acceptors (Lipinski definition) is 6. The van der Waals surface area contributed by atoms with Gasteiger partial charge in [0.1, 0.15) is 0 Å². The molecule has 4 aliphatic rings. The molecule has 0 unspecified atom stereocenters. The van der Waals surface area contributed by atoms with Gasteiger partial charge < -0.3 is 0 Å². The molecule has 0 radical (unpaired) electrons. The van der Waals surface area contributed by atoms with Crippen molar-refractivity contribution in [3.05, 3.63) is 49.8 Å². The van der Waals surface area contributed by atoms with Crippen molar-refractivity contribution < 1.29 is 9.85 Å². The van der Waals surface area contributed by atoms with E-state index in [0.29, 0.717) is 12.1 Å². The van der Waals surface area contributed by atoms with E-state index in [0.717, 1.165) is 6.42 Å². The quantitative estimate of drug-likeness (QED) is 0.337. The topological polar surface area (TPSA) is 112 Å². The van der Waals surface area contributed by atoms with Gasteiger partial charge >= 0.3 is 124 Å². The van der Waals surface area contributed by atoms with Crippen molar-refractivity contribution >= 4 is 20.7 Å². The Kier molecular flexibility index (Phi) is 2.50. The van der Waals surface area contributed by atoms with Gasteiger partial charge in [0.2, 0.25) is 0 Å². The Hall–Kier alpha value is -1.86. The van der Waals surface area contributed by atoms with Crippen LogP contribution >= 0.6 is 0 Å². The third kappa shape index (κ3) is 1.45. The van der Waals surface area contributed by atoms with E-state index in [2.05, 4.69) is 7.96 Å². The number of nitro groups is 2. The van der Waals surface area contributed by atoms with Crippen molar-refractivity contribution in [1.82, 2.24) is 7.96 Å². The number of aromatic nitrogens is 2. The first-order chi connectivity index (χ1) is 10.1. The number of hydrogen-bond donors (Lipinski definition) is 0. The van der Waals surface area contributed by atoms with Gasteiger partial charge in [0.25, 0.3) is 0 Å². The van der Waals surface area contributed by atoms with Crippen LogP contribution in [0.1, 0.15) is 30.1 Å². The van der Waals surface area contributed by atoms with E-state index < -0.39 is 31.3 Å². The molecule has 1 aromatic rings. The zero-order valence-electron chi connectivity index (χ0n) is 10.7. The molecule has 108 valence electrons. The van der Waals surface area contributed by atoms with E-state index in [4.69, 9.17) is 0 Å². The van der Waals surface area contributed by atoms with Gasteiger partial charge in [-0.1, -0.05) is 0 Å². The number of fused-ring (bicyclic) bond motifs is 2. The second-order valence-electron chi connectivity index (χ2n) is 5.64. The Labute approximate surface area is 125 Å². The Bertz CT molecular complexity index is 727. The summed E-state index contributed by atoms with van der Waals surface area (Å²) in [5.74, 6) is -0.708. The molecule has 0 N–H and O–H groups in total. The predicted octanol–water partition coefficient (Wildman–Crippen LogP) is 0.860. The van der Waals surface area contributed by atoms with E-state index >= 15 is 0 Å². The summed E-state index contributed by atoms with van der Waals surface area (Å²) in [5.41, 5.74) is -0.927. The molecule has 0 aliphatic heterocycles. The van der Waals surface area contributed by atoms with E-state index in [1.54, 1.807) is 0 Å². The van der Waals surface area contributed by atoms with Gasteiger partial charge in [0, 0.05) is 0 Å². The van der Waals surface area contributed by atoms with Crippen molar-refractivity contribution in [3.8, 4) is 0 Å². The van der Waals surface area contributed by atoms with Crippen LogP contribution in [0, 0.1) is 32.1 Å². The number of rotatable bonds is 2. The zero-order valence-corrected chi connectivity index (χ0v) is 12.4. The van der Waals surface area contributed by atoms with Crippen LogP contribution in [-0.2, 0) is 0 Å². The molecule has 4 atom stereocenters. The molecule has 0 saturated heterocycles. The second kappa shape index (κ2) is 4.08. The van der Waals surface area contributed by atoms with Crippen molar-refractivity contribution in [2.45, 2.75) is 24.3 Å². The SMILES string of the molecule is O=[N+]([O-])C1=C[C@@]2([N+](=O)[O-])[C@@H]3C=C[C@@H](CC3)[C@H]2c2n[se]nc21. The minimum absolute atomic E-state index is 0.0165. The molecule has 5 rings (SSSR count). The summed E-state index contributed by atoms with van der Waals surface area (Å²) >= 11 is -0.438. The van der Waals surface area contributed by atoms with Gasteiger partial charge in [0.15, 0.2) is 0 Å². The van der Waals surface area contributed by atoms with Gasteiger partial charge in [-0.25, -0.2) is 0 Å². The van der Waals surface area contributed by atoms with Crippen molar-refractivity contribution in [2.75, 3.05) is 0 Å². The van der Waals surface area contributed by atoms with Crippen molar-refractivity contribution in [2.24, 2.45) is 11.8 Å². The molecule has 0 spiro atoms. The Morgan fingerprint density at radius 1 is 1.24 bits per heavy atom. The normalized spacial score (nSPS) is 35.8. The summed E-state index contributed by atoms with van der Waals surface area (Å²) in [5, 5.41) is 23.2. The molecule has 1 saturated carbocycles. The molecule has 0 amide bonds. The molecule has 1 heterocycles. The van der Waals surface area contributed by atoms with E-state index in [1.807, 2.05) is 12.2 Å². The maximum atomic E-state index is 11.9. The summed E-state index contributed by atoms with van der Waals surface area (Å²) < 4.78 is 8.46. The summed E-state index contributed by atoms with van der Waals surface area (Å²) in [6.07, 6.45) is 6.66. The fourth-order valence-corrected chi connectivity index (χ4v) is 5.26. The third-order valence-corrected chi connectivity index (χ3v) is 5.99. The average Bonchev–Trinajstić information content (AvgIpc) is 2.96. The fraction of sp³-hybridized carbons (Fsp3) is 0.500. The standard InChI is InChI=1S/C12H10N4O4Se/c17-15(18)8-5-12(16(19)20)7-3-1-6(2-4-7)9(12)11-10(8)13-21-14-11/h1,3,5-7,9H,2,4H2/t6-,7+,9-,12+/m0/s1. The number of nitrogens with zero attached hydrogens (tertiary/aromatic N) is 4. The third-order valence-electron chi connectivity index (χ3n) is 4.85. The first-order valence-corrected chi connectivity index (χ1v) is 8.12. The Balaban J connectivity index is 2.04. The second-order valence-corrected chi connectivity index (χ2v) is 6.75. The first kappa shape index (κ1) is 12.8. The molecule has 1 aromatic heterocycles. The molecule has 8 nitrogen and oxygen atoms in total. The molecule has 21 heavy (non-hydrogen) atoms. The zero-order chi connectivity index (χ0) is 14.8. The predicted molar refractivity (Wildman–Crippen MR) is 71.8 cm³/mol. The number of allylic oxidation sites excluding steroid dienone is 1.